The summed E-state index contributed by atoms with van der Waals surface area (Å²) in [5.41, 5.74) is 8.53. The Labute approximate surface area is 147 Å². The fraction of sp³-hybridized carbons (Fsp3) is 0.350. The number of nitrogens with two attached hydrogens (primary N) is 1. The Balaban J connectivity index is 1.44. The zero-order valence-corrected chi connectivity index (χ0v) is 14.2. The number of ether oxygens (including phenoxy) is 2. The summed E-state index contributed by atoms with van der Waals surface area (Å²) >= 11 is 0. The highest BCUT2D eigenvalue weighted by Crippen LogP contribution is 2.34. The average Bonchev–Trinajstić information content (AvgIpc) is 2.66. The Morgan fingerprint density at radius 2 is 1.60 bits per heavy atom. The van der Waals surface area contributed by atoms with Gasteiger partial charge in [0.05, 0.1) is 19.3 Å². The minimum Gasteiger partial charge on any atom is -0.493 e. The molecule has 0 aliphatic carbocycles. The molecule has 0 spiro atoms. The molecule has 2 heterocycles. The zero-order valence-electron chi connectivity index (χ0n) is 14.2. The van der Waals surface area contributed by atoms with Crippen molar-refractivity contribution < 1.29 is 9.47 Å². The Hall–Kier alpha value is -2.69. The van der Waals surface area contributed by atoms with Crippen LogP contribution in [0.15, 0.2) is 53.5 Å². The minimum absolute atomic E-state index is 0.149. The molecule has 0 saturated heterocycles. The first-order valence-electron chi connectivity index (χ1n) is 8.81. The molecule has 0 aromatic heterocycles. The smallest absolute Gasteiger partial charge is 0.189 e. The summed E-state index contributed by atoms with van der Waals surface area (Å²) < 4.78 is 11.4. The first-order chi connectivity index (χ1) is 12.3. The van der Waals surface area contributed by atoms with Crippen LogP contribution in [0.3, 0.4) is 0 Å². The van der Waals surface area contributed by atoms with Crippen molar-refractivity contribution >= 4 is 5.96 Å². The molecule has 0 saturated carbocycles. The molecular weight excluding hydrogens is 314 g/mol. The van der Waals surface area contributed by atoms with Gasteiger partial charge in [-0.25, -0.2) is 0 Å². The van der Waals surface area contributed by atoms with Gasteiger partial charge in [-0.05, 0) is 24.1 Å². The molecule has 2 unspecified atom stereocenters. The third kappa shape index (κ3) is 3.40. The fourth-order valence-corrected chi connectivity index (χ4v) is 3.53. The van der Waals surface area contributed by atoms with Crippen LogP contribution < -0.4 is 20.5 Å². The van der Waals surface area contributed by atoms with E-state index < -0.39 is 0 Å². The molecule has 2 aromatic rings. The molecule has 0 fully saturated rings. The van der Waals surface area contributed by atoms with Gasteiger partial charge in [-0.1, -0.05) is 36.4 Å². The van der Waals surface area contributed by atoms with Crippen LogP contribution in [0, 0.1) is 0 Å². The quantitative estimate of drug-likeness (QED) is 0.667. The van der Waals surface area contributed by atoms with Crippen LogP contribution in [0.4, 0.5) is 0 Å². The molecule has 5 heteroatoms. The van der Waals surface area contributed by atoms with Crippen LogP contribution >= 0.6 is 0 Å². The molecule has 25 heavy (non-hydrogen) atoms. The highest BCUT2D eigenvalue weighted by molar-refractivity contribution is 5.78. The molecule has 2 atom stereocenters. The van der Waals surface area contributed by atoms with E-state index >= 15 is 0 Å². The summed E-state index contributed by atoms with van der Waals surface area (Å²) in [6.45, 7) is 2.09. The van der Waals surface area contributed by atoms with Gasteiger partial charge in [0, 0.05) is 24.4 Å². The summed E-state index contributed by atoms with van der Waals surface area (Å²) in [5, 5.41) is 3.36. The molecule has 4 rings (SSSR count). The first kappa shape index (κ1) is 15.8. The van der Waals surface area contributed by atoms with E-state index in [0.29, 0.717) is 25.0 Å². The maximum Gasteiger partial charge on any atom is 0.189 e. The molecular formula is C20H23N3O2. The Kier molecular flexibility index (Phi) is 4.46. The highest BCUT2D eigenvalue weighted by Gasteiger charge is 2.23. The maximum atomic E-state index is 6.17. The van der Waals surface area contributed by atoms with Crippen LogP contribution in [0.1, 0.15) is 35.9 Å². The van der Waals surface area contributed by atoms with Gasteiger partial charge in [-0.15, -0.1) is 0 Å². The van der Waals surface area contributed by atoms with Crippen molar-refractivity contribution in [2.75, 3.05) is 19.8 Å². The summed E-state index contributed by atoms with van der Waals surface area (Å²) in [5.74, 6) is 2.74. The molecule has 0 radical (unpaired) electrons. The number of benzene rings is 2. The third-order valence-electron chi connectivity index (χ3n) is 4.85. The maximum absolute atomic E-state index is 6.17. The SMILES string of the molecule is NC(=NCC1CCOc2ccccc21)NC1CCOc2ccccc21. The van der Waals surface area contributed by atoms with Crippen molar-refractivity contribution in [3.63, 3.8) is 0 Å². The summed E-state index contributed by atoms with van der Waals surface area (Å²) in [7, 11) is 0. The van der Waals surface area contributed by atoms with E-state index in [9.17, 15) is 0 Å². The van der Waals surface area contributed by atoms with E-state index in [-0.39, 0.29) is 6.04 Å². The van der Waals surface area contributed by atoms with Crippen molar-refractivity contribution in [3.05, 3.63) is 59.7 Å². The average molecular weight is 337 g/mol. The number of nitrogens with zero attached hydrogens (tertiary/aromatic N) is 1. The van der Waals surface area contributed by atoms with E-state index in [0.717, 1.165) is 36.5 Å². The number of nitrogens with one attached hydrogen (secondary N) is 1. The van der Waals surface area contributed by atoms with Crippen LogP contribution in [-0.2, 0) is 0 Å². The normalized spacial score (nSPS) is 22.2. The molecule has 0 bridgehead atoms. The van der Waals surface area contributed by atoms with Gasteiger partial charge in [-0.2, -0.15) is 0 Å². The van der Waals surface area contributed by atoms with Gasteiger partial charge in [0.2, 0.25) is 0 Å². The number of aliphatic imine (C=N–C) groups is 1. The lowest BCUT2D eigenvalue weighted by Gasteiger charge is -2.27. The number of hydrogen-bond donors (Lipinski definition) is 2. The second kappa shape index (κ2) is 7.05. The predicted molar refractivity (Wildman–Crippen MR) is 98.2 cm³/mol. The fourth-order valence-electron chi connectivity index (χ4n) is 3.53. The molecule has 2 aliphatic heterocycles. The van der Waals surface area contributed by atoms with Gasteiger partial charge in [0.15, 0.2) is 5.96 Å². The number of rotatable bonds is 3. The van der Waals surface area contributed by atoms with Crippen molar-refractivity contribution in [1.82, 2.24) is 5.32 Å². The van der Waals surface area contributed by atoms with Crippen LogP contribution in [0.5, 0.6) is 11.5 Å². The highest BCUT2D eigenvalue weighted by atomic mass is 16.5. The van der Waals surface area contributed by atoms with E-state index in [1.165, 1.54) is 5.56 Å². The monoisotopic (exact) mass is 337 g/mol. The molecule has 5 nitrogen and oxygen atoms in total. The van der Waals surface area contributed by atoms with E-state index in [1.807, 2.05) is 36.4 Å². The second-order valence-corrected chi connectivity index (χ2v) is 6.47. The van der Waals surface area contributed by atoms with Gasteiger partial charge in [-0.3, -0.25) is 4.99 Å². The van der Waals surface area contributed by atoms with Crippen LogP contribution in [0.25, 0.3) is 0 Å². The minimum atomic E-state index is 0.149. The Morgan fingerprint density at radius 1 is 0.960 bits per heavy atom. The predicted octanol–water partition coefficient (Wildman–Crippen LogP) is 2.98. The largest absolute Gasteiger partial charge is 0.493 e. The number of guanidine groups is 1. The molecule has 130 valence electrons. The van der Waals surface area contributed by atoms with Crippen molar-refractivity contribution in [2.24, 2.45) is 10.7 Å². The molecule has 2 aliphatic rings. The molecule has 2 aromatic carbocycles. The Morgan fingerprint density at radius 3 is 2.40 bits per heavy atom. The van der Waals surface area contributed by atoms with Gasteiger partial charge < -0.3 is 20.5 Å². The van der Waals surface area contributed by atoms with Crippen LogP contribution in [0.2, 0.25) is 0 Å². The lowest BCUT2D eigenvalue weighted by molar-refractivity contribution is 0.261. The van der Waals surface area contributed by atoms with E-state index in [1.54, 1.807) is 0 Å². The van der Waals surface area contributed by atoms with Crippen molar-refractivity contribution in [3.8, 4) is 11.5 Å². The summed E-state index contributed by atoms with van der Waals surface area (Å²) in [4.78, 5) is 4.60. The molecule has 0 amide bonds. The van der Waals surface area contributed by atoms with E-state index in [4.69, 9.17) is 15.2 Å². The third-order valence-corrected chi connectivity index (χ3v) is 4.85. The topological polar surface area (TPSA) is 68.9 Å². The second-order valence-electron chi connectivity index (χ2n) is 6.47. The number of para-hydroxylation sites is 2. The van der Waals surface area contributed by atoms with Crippen LogP contribution in [-0.4, -0.2) is 25.7 Å². The van der Waals surface area contributed by atoms with E-state index in [2.05, 4.69) is 22.4 Å². The van der Waals surface area contributed by atoms with Crippen molar-refractivity contribution in [2.45, 2.75) is 24.8 Å². The number of hydrogen-bond acceptors (Lipinski definition) is 3. The Bertz CT molecular complexity index is 775. The zero-order chi connectivity index (χ0) is 17.1. The lowest BCUT2D eigenvalue weighted by atomic mass is 9.93. The van der Waals surface area contributed by atoms with Gasteiger partial charge >= 0.3 is 0 Å². The number of fused-ring (bicyclic) bond motifs is 2. The lowest BCUT2D eigenvalue weighted by Crippen LogP contribution is -2.37. The first-order valence-corrected chi connectivity index (χ1v) is 8.81. The van der Waals surface area contributed by atoms with Gasteiger partial charge in [0.25, 0.3) is 0 Å². The van der Waals surface area contributed by atoms with Gasteiger partial charge in [0.1, 0.15) is 11.5 Å². The molecule has 3 N–H and O–H groups in total. The summed E-state index contributed by atoms with van der Waals surface area (Å²) in [6.07, 6.45) is 1.85. The standard InChI is InChI=1S/C20H23N3O2/c21-20(23-17-10-12-25-19-8-4-2-6-16(17)19)22-13-14-9-11-24-18-7-3-1-5-15(14)18/h1-8,14,17H,9-13H2,(H3,21,22,23). The van der Waals surface area contributed by atoms with Crippen molar-refractivity contribution in [1.29, 1.82) is 0 Å². The summed E-state index contributed by atoms with van der Waals surface area (Å²) in [6, 6.07) is 16.4.